The number of benzene rings is 2. The Morgan fingerprint density at radius 2 is 1.65 bits per heavy atom. The van der Waals surface area contributed by atoms with Crippen molar-refractivity contribution in [2.75, 3.05) is 27.2 Å². The highest BCUT2D eigenvalue weighted by Gasteiger charge is 2.16. The first-order chi connectivity index (χ1) is 22.5. The molecule has 0 saturated carbocycles. The molecule has 0 amide bonds. The van der Waals surface area contributed by atoms with Crippen molar-refractivity contribution in [2.24, 2.45) is 0 Å². The molecule has 7 rings (SSSR count). The maximum Gasteiger partial charge on any atom is 0.127 e. The molecule has 0 atom stereocenters. The number of aromatic nitrogens is 6. The molecule has 0 unspecified atom stereocenters. The third-order valence-corrected chi connectivity index (χ3v) is 7.83. The van der Waals surface area contributed by atoms with E-state index in [1.165, 1.54) is 17.7 Å². The van der Waals surface area contributed by atoms with E-state index < -0.39 is 0 Å². The molecule has 9 nitrogen and oxygen atoms in total. The number of hydrogen-bond donors (Lipinski definition) is 3. The molecule has 0 aliphatic carbocycles. The minimum absolute atomic E-state index is 0.367. The van der Waals surface area contributed by atoms with Crippen LogP contribution in [0.1, 0.15) is 11.1 Å². The Hall–Kier alpha value is -5.45. The Labute approximate surface area is 265 Å². The molecule has 5 heterocycles. The van der Waals surface area contributed by atoms with Crippen LogP contribution in [0.5, 0.6) is 5.75 Å². The van der Waals surface area contributed by atoms with Gasteiger partial charge in [-0.2, -0.15) is 5.10 Å². The van der Waals surface area contributed by atoms with Gasteiger partial charge in [0.2, 0.25) is 0 Å². The highest BCUT2D eigenvalue weighted by Crippen LogP contribution is 2.35. The lowest BCUT2D eigenvalue weighted by atomic mass is 10.0. The standard InChI is InChI=1S/C36H33FN8O/c1-45(2)8-9-46-28-12-25(11-27(37)13-28)31-20-40-21-34-29(31)14-33(42-34)36-30-15-32(41-22-35(30)43-44-36)26-10-24(18-39-19-26)17-38-16-23-6-4-3-5-7-23/h3-7,10-15,18-22,38,42H,8-9,16-17H2,1-2H3,(H,43,44). The van der Waals surface area contributed by atoms with Crippen LogP contribution >= 0.6 is 0 Å². The van der Waals surface area contributed by atoms with Crippen molar-refractivity contribution in [1.29, 1.82) is 0 Å². The quantitative estimate of drug-likeness (QED) is 0.151. The summed E-state index contributed by atoms with van der Waals surface area (Å²) < 4.78 is 20.5. The molecule has 0 aliphatic rings. The van der Waals surface area contributed by atoms with Gasteiger partial charge in [-0.05, 0) is 61.1 Å². The summed E-state index contributed by atoms with van der Waals surface area (Å²) in [5.41, 5.74) is 8.70. The zero-order valence-electron chi connectivity index (χ0n) is 25.6. The Kier molecular flexibility index (Phi) is 8.20. The summed E-state index contributed by atoms with van der Waals surface area (Å²) in [4.78, 5) is 19.1. The number of ether oxygens (including phenoxy) is 1. The number of halogens is 1. The Morgan fingerprint density at radius 1 is 0.804 bits per heavy atom. The third kappa shape index (κ3) is 6.35. The van der Waals surface area contributed by atoms with E-state index in [4.69, 9.17) is 9.72 Å². The van der Waals surface area contributed by atoms with Crippen LogP contribution < -0.4 is 10.1 Å². The highest BCUT2D eigenvalue weighted by atomic mass is 19.1. The van der Waals surface area contributed by atoms with Crippen molar-refractivity contribution in [3.05, 3.63) is 115 Å². The van der Waals surface area contributed by atoms with Crippen molar-refractivity contribution in [2.45, 2.75) is 13.1 Å². The number of aromatic amines is 2. The fourth-order valence-corrected chi connectivity index (χ4v) is 5.51. The molecular weight excluding hydrogens is 579 g/mol. The van der Waals surface area contributed by atoms with Gasteiger partial charge >= 0.3 is 0 Å². The zero-order chi connectivity index (χ0) is 31.5. The molecule has 0 spiro atoms. The van der Waals surface area contributed by atoms with E-state index in [1.54, 1.807) is 18.6 Å². The van der Waals surface area contributed by atoms with Gasteiger partial charge in [-0.1, -0.05) is 30.3 Å². The van der Waals surface area contributed by atoms with Crippen molar-refractivity contribution >= 4 is 21.8 Å². The molecule has 5 aromatic heterocycles. The molecule has 0 saturated heterocycles. The predicted molar refractivity (Wildman–Crippen MR) is 179 cm³/mol. The lowest BCUT2D eigenvalue weighted by molar-refractivity contribution is 0.260. The molecule has 0 fully saturated rings. The number of nitrogens with one attached hydrogen (secondary N) is 3. The predicted octanol–water partition coefficient (Wildman–Crippen LogP) is 6.60. The molecular formula is C36H33FN8O. The summed E-state index contributed by atoms with van der Waals surface area (Å²) in [5.74, 6) is 0.113. The first-order valence-electron chi connectivity index (χ1n) is 15.1. The lowest BCUT2D eigenvalue weighted by Crippen LogP contribution is -2.19. The maximum absolute atomic E-state index is 14.7. The van der Waals surface area contributed by atoms with E-state index in [0.29, 0.717) is 24.5 Å². The molecule has 3 N–H and O–H groups in total. The van der Waals surface area contributed by atoms with Gasteiger partial charge < -0.3 is 19.9 Å². The summed E-state index contributed by atoms with van der Waals surface area (Å²) in [6.07, 6.45) is 9.00. The summed E-state index contributed by atoms with van der Waals surface area (Å²) in [7, 11) is 3.94. The molecule has 46 heavy (non-hydrogen) atoms. The minimum Gasteiger partial charge on any atom is -0.492 e. The second-order valence-corrected chi connectivity index (χ2v) is 11.5. The van der Waals surface area contributed by atoms with Crippen molar-refractivity contribution in [3.63, 3.8) is 0 Å². The second kappa shape index (κ2) is 12.9. The maximum atomic E-state index is 14.7. The van der Waals surface area contributed by atoms with Crippen LogP contribution in [0.3, 0.4) is 0 Å². The minimum atomic E-state index is -0.367. The molecule has 230 valence electrons. The first kappa shape index (κ1) is 29.3. The van der Waals surface area contributed by atoms with Gasteiger partial charge in [-0.3, -0.25) is 20.1 Å². The Morgan fingerprint density at radius 3 is 2.52 bits per heavy atom. The van der Waals surface area contributed by atoms with Crippen molar-refractivity contribution in [1.82, 2.24) is 40.3 Å². The van der Waals surface area contributed by atoms with Crippen LogP contribution in [0.25, 0.3) is 55.6 Å². The second-order valence-electron chi connectivity index (χ2n) is 11.5. The number of nitrogens with zero attached hydrogens (tertiary/aromatic N) is 5. The third-order valence-electron chi connectivity index (χ3n) is 7.83. The van der Waals surface area contributed by atoms with Gasteiger partial charge in [0.05, 0.1) is 34.8 Å². The van der Waals surface area contributed by atoms with Gasteiger partial charge in [0.1, 0.15) is 23.9 Å². The SMILES string of the molecule is CN(C)CCOc1cc(F)cc(-c2cncc3[nH]c(-c4n[nH]c5cnc(-c6cncc(CNCc7ccccc7)c6)cc45)cc23)c1. The van der Waals surface area contributed by atoms with Crippen LogP contribution in [0.15, 0.2) is 97.7 Å². The normalized spacial score (nSPS) is 11.6. The van der Waals surface area contributed by atoms with Crippen LogP contribution in [0.4, 0.5) is 4.39 Å². The van der Waals surface area contributed by atoms with Crippen LogP contribution in [0, 0.1) is 5.82 Å². The van der Waals surface area contributed by atoms with Gasteiger partial charge in [0, 0.05) is 66.2 Å². The van der Waals surface area contributed by atoms with Crippen LogP contribution in [-0.2, 0) is 13.1 Å². The van der Waals surface area contributed by atoms with E-state index in [9.17, 15) is 4.39 Å². The van der Waals surface area contributed by atoms with Gasteiger partial charge in [0.15, 0.2) is 0 Å². The first-order valence-corrected chi connectivity index (χ1v) is 15.1. The van der Waals surface area contributed by atoms with Crippen molar-refractivity contribution < 1.29 is 9.13 Å². The van der Waals surface area contributed by atoms with E-state index in [-0.39, 0.29) is 5.82 Å². The number of hydrogen-bond acceptors (Lipinski definition) is 7. The average molecular weight is 613 g/mol. The number of likely N-dealkylation sites (N-methyl/N-ethyl adjacent to an activating group) is 1. The van der Waals surface area contributed by atoms with Crippen LogP contribution in [0.2, 0.25) is 0 Å². The number of fused-ring (bicyclic) bond motifs is 2. The fourth-order valence-electron chi connectivity index (χ4n) is 5.51. The Bertz CT molecular complexity index is 2120. The number of pyridine rings is 3. The number of H-pyrrole nitrogens is 2. The molecule has 0 radical (unpaired) electrons. The van der Waals surface area contributed by atoms with E-state index in [2.05, 4.69) is 48.7 Å². The van der Waals surface area contributed by atoms with Crippen molar-refractivity contribution in [3.8, 4) is 39.5 Å². The van der Waals surface area contributed by atoms with E-state index >= 15 is 0 Å². The lowest BCUT2D eigenvalue weighted by Gasteiger charge is -2.12. The molecule has 0 aliphatic heterocycles. The Balaban J connectivity index is 1.17. The topological polar surface area (TPSA) is 108 Å². The molecule has 0 bridgehead atoms. The van der Waals surface area contributed by atoms with Crippen LogP contribution in [-0.4, -0.2) is 62.3 Å². The molecule has 2 aromatic carbocycles. The summed E-state index contributed by atoms with van der Waals surface area (Å²) in [5, 5.41) is 13.1. The smallest absolute Gasteiger partial charge is 0.127 e. The zero-order valence-corrected chi connectivity index (χ0v) is 25.6. The molecule has 7 aromatic rings. The van der Waals surface area contributed by atoms with E-state index in [1.807, 2.05) is 67.8 Å². The van der Waals surface area contributed by atoms with Gasteiger partial charge in [0.25, 0.3) is 0 Å². The fraction of sp³-hybridized carbons (Fsp3) is 0.167. The summed E-state index contributed by atoms with van der Waals surface area (Å²) in [6.45, 7) is 2.66. The van der Waals surface area contributed by atoms with Gasteiger partial charge in [-0.15, -0.1) is 0 Å². The van der Waals surface area contributed by atoms with Gasteiger partial charge in [-0.25, -0.2) is 4.39 Å². The summed E-state index contributed by atoms with van der Waals surface area (Å²) in [6, 6.07) is 21.2. The average Bonchev–Trinajstić information content (AvgIpc) is 3.69. The van der Waals surface area contributed by atoms with E-state index in [0.717, 1.165) is 68.7 Å². The monoisotopic (exact) mass is 612 g/mol. The molecule has 10 heteroatoms. The number of rotatable bonds is 11. The highest BCUT2D eigenvalue weighted by molar-refractivity contribution is 6.01. The summed E-state index contributed by atoms with van der Waals surface area (Å²) >= 11 is 0. The largest absolute Gasteiger partial charge is 0.492 e.